The van der Waals surface area contributed by atoms with Gasteiger partial charge >= 0.3 is 0 Å². The third-order valence-electron chi connectivity index (χ3n) is 4.17. The van der Waals surface area contributed by atoms with Gasteiger partial charge in [-0.2, -0.15) is 0 Å². The van der Waals surface area contributed by atoms with Gasteiger partial charge in [0.05, 0.1) is 5.76 Å². The Morgan fingerprint density at radius 1 is 1.20 bits per heavy atom. The monoisotopic (exact) mass is 212 g/mol. The minimum Gasteiger partial charge on any atom is -0.492 e. The molecule has 6 atom stereocenters. The molecule has 1 aliphatic carbocycles. The zero-order chi connectivity index (χ0) is 11.0. The Labute approximate surface area is 88.5 Å². The number of rotatable bonds is 0. The molecule has 2 heterocycles. The second-order valence-corrected chi connectivity index (χ2v) is 5.30. The maximum atomic E-state index is 9.69. The number of allylic oxidation sites excluding steroid dienone is 1. The van der Waals surface area contributed by atoms with Crippen LogP contribution in [0.2, 0.25) is 0 Å². The first kappa shape index (κ1) is 9.63. The Morgan fingerprint density at radius 3 is 2.47 bits per heavy atom. The molecule has 0 radical (unpaired) electrons. The van der Waals surface area contributed by atoms with Gasteiger partial charge in [-0.25, -0.2) is 0 Å². The molecule has 0 spiro atoms. The third-order valence-corrected chi connectivity index (χ3v) is 4.17. The SMILES string of the molecule is C=C1OC(C)(C)C2C1C1C2[C@H](O)O[C@@H]1O. The smallest absolute Gasteiger partial charge is 0.161 e. The summed E-state index contributed by atoms with van der Waals surface area (Å²) in [6.45, 7) is 7.87. The van der Waals surface area contributed by atoms with Gasteiger partial charge in [0.2, 0.25) is 0 Å². The molecule has 4 heteroatoms. The van der Waals surface area contributed by atoms with Gasteiger partial charge in [-0.3, -0.25) is 0 Å². The molecule has 1 saturated carbocycles. The molecule has 0 bridgehead atoms. The van der Waals surface area contributed by atoms with E-state index in [2.05, 4.69) is 6.58 Å². The first-order valence-corrected chi connectivity index (χ1v) is 5.33. The van der Waals surface area contributed by atoms with E-state index in [1.165, 1.54) is 0 Å². The van der Waals surface area contributed by atoms with Crippen molar-refractivity contribution in [2.75, 3.05) is 0 Å². The highest BCUT2D eigenvalue weighted by Crippen LogP contribution is 2.65. The van der Waals surface area contributed by atoms with E-state index in [4.69, 9.17) is 9.47 Å². The Morgan fingerprint density at radius 2 is 1.80 bits per heavy atom. The van der Waals surface area contributed by atoms with Gasteiger partial charge in [0.1, 0.15) is 5.60 Å². The highest BCUT2D eigenvalue weighted by molar-refractivity contribution is 5.21. The quantitative estimate of drug-likeness (QED) is 0.612. The van der Waals surface area contributed by atoms with E-state index in [1.54, 1.807) is 0 Å². The molecule has 3 aliphatic rings. The fraction of sp³-hybridized carbons (Fsp3) is 0.818. The fourth-order valence-electron chi connectivity index (χ4n) is 3.66. The molecule has 2 aliphatic heterocycles. The molecule has 3 fully saturated rings. The molecule has 2 saturated heterocycles. The Balaban J connectivity index is 1.96. The first-order chi connectivity index (χ1) is 6.93. The largest absolute Gasteiger partial charge is 0.492 e. The maximum absolute atomic E-state index is 9.69. The summed E-state index contributed by atoms with van der Waals surface area (Å²) in [5.41, 5.74) is -0.308. The number of hydrogen-bond donors (Lipinski definition) is 2. The molecule has 3 rings (SSSR count). The average Bonchev–Trinajstić information content (AvgIpc) is 2.26. The molecule has 84 valence electrons. The van der Waals surface area contributed by atoms with Crippen molar-refractivity contribution in [2.24, 2.45) is 23.7 Å². The van der Waals surface area contributed by atoms with Crippen LogP contribution in [0.5, 0.6) is 0 Å². The van der Waals surface area contributed by atoms with E-state index >= 15 is 0 Å². The van der Waals surface area contributed by atoms with E-state index in [1.807, 2.05) is 13.8 Å². The second kappa shape index (κ2) is 2.56. The van der Waals surface area contributed by atoms with Crippen molar-refractivity contribution in [3.63, 3.8) is 0 Å². The van der Waals surface area contributed by atoms with Gasteiger partial charge in [0, 0.05) is 23.7 Å². The lowest BCUT2D eigenvalue weighted by atomic mass is 9.53. The number of ether oxygens (including phenoxy) is 2. The molecule has 4 nitrogen and oxygen atoms in total. The average molecular weight is 212 g/mol. The Kier molecular flexibility index (Phi) is 1.65. The summed E-state index contributed by atoms with van der Waals surface area (Å²) in [7, 11) is 0. The van der Waals surface area contributed by atoms with Crippen molar-refractivity contribution in [2.45, 2.75) is 32.0 Å². The van der Waals surface area contributed by atoms with Crippen LogP contribution in [-0.4, -0.2) is 28.4 Å². The molecule has 0 aromatic rings. The molecular formula is C11H16O4. The lowest BCUT2D eigenvalue weighted by Gasteiger charge is -2.47. The standard InChI is InChI=1S/C11H16O4/c1-4-5-6-7(10(13)14-9(6)12)8(5)11(2,3)15-4/h5-10,12-13H,1H2,2-3H3/t5?,6?,7?,8?,9-,10+/m0/s1. The van der Waals surface area contributed by atoms with E-state index < -0.39 is 12.6 Å². The highest BCUT2D eigenvalue weighted by atomic mass is 16.7. The number of aliphatic hydroxyl groups is 2. The summed E-state index contributed by atoms with van der Waals surface area (Å²) in [5, 5.41) is 19.3. The van der Waals surface area contributed by atoms with Crippen molar-refractivity contribution < 1.29 is 19.7 Å². The van der Waals surface area contributed by atoms with Crippen molar-refractivity contribution >= 4 is 0 Å². The van der Waals surface area contributed by atoms with Gasteiger partial charge < -0.3 is 19.7 Å². The first-order valence-electron chi connectivity index (χ1n) is 5.33. The number of aliphatic hydroxyl groups excluding tert-OH is 2. The van der Waals surface area contributed by atoms with Crippen LogP contribution < -0.4 is 0 Å². The second-order valence-electron chi connectivity index (χ2n) is 5.30. The molecule has 15 heavy (non-hydrogen) atoms. The summed E-state index contributed by atoms with van der Waals surface area (Å²) in [6, 6.07) is 0. The Hall–Kier alpha value is -0.580. The zero-order valence-corrected chi connectivity index (χ0v) is 8.88. The van der Waals surface area contributed by atoms with E-state index in [-0.39, 0.29) is 29.3 Å². The van der Waals surface area contributed by atoms with Crippen molar-refractivity contribution in [3.05, 3.63) is 12.3 Å². The lowest BCUT2D eigenvalue weighted by molar-refractivity contribution is -0.172. The van der Waals surface area contributed by atoms with Crippen LogP contribution in [-0.2, 0) is 9.47 Å². The van der Waals surface area contributed by atoms with Crippen LogP contribution in [0, 0.1) is 23.7 Å². The topological polar surface area (TPSA) is 58.9 Å². The summed E-state index contributed by atoms with van der Waals surface area (Å²) < 4.78 is 10.7. The summed E-state index contributed by atoms with van der Waals surface area (Å²) >= 11 is 0. The lowest BCUT2D eigenvalue weighted by Crippen LogP contribution is -2.54. The van der Waals surface area contributed by atoms with Gasteiger partial charge in [-0.05, 0) is 13.8 Å². The van der Waals surface area contributed by atoms with Crippen LogP contribution >= 0.6 is 0 Å². The number of fused-ring (bicyclic) bond motifs is 4. The number of hydrogen-bond acceptors (Lipinski definition) is 4. The van der Waals surface area contributed by atoms with Crippen molar-refractivity contribution in [1.29, 1.82) is 0 Å². The van der Waals surface area contributed by atoms with E-state index in [9.17, 15) is 10.2 Å². The minimum absolute atomic E-state index is 0.0146. The van der Waals surface area contributed by atoms with Crippen LogP contribution in [0.15, 0.2) is 12.3 Å². The predicted molar refractivity (Wildman–Crippen MR) is 51.4 cm³/mol. The molecule has 0 amide bonds. The van der Waals surface area contributed by atoms with Crippen molar-refractivity contribution in [1.82, 2.24) is 0 Å². The summed E-state index contributed by atoms with van der Waals surface area (Å²) in [5.74, 6) is 1.01. The predicted octanol–water partition coefficient (Wildman–Crippen LogP) is 0.454. The van der Waals surface area contributed by atoms with E-state index in [0.717, 1.165) is 5.76 Å². The van der Waals surface area contributed by atoms with Crippen LogP contribution in [0.25, 0.3) is 0 Å². The molecule has 0 aromatic carbocycles. The van der Waals surface area contributed by atoms with Gasteiger partial charge in [-0.15, -0.1) is 0 Å². The minimum atomic E-state index is -0.875. The normalized spacial score (nSPS) is 55.6. The fourth-order valence-corrected chi connectivity index (χ4v) is 3.66. The maximum Gasteiger partial charge on any atom is 0.161 e. The highest BCUT2D eigenvalue weighted by Gasteiger charge is 2.70. The van der Waals surface area contributed by atoms with Crippen molar-refractivity contribution in [3.8, 4) is 0 Å². The third kappa shape index (κ3) is 0.973. The van der Waals surface area contributed by atoms with Crippen LogP contribution in [0.3, 0.4) is 0 Å². The molecule has 0 aromatic heterocycles. The van der Waals surface area contributed by atoms with Gasteiger partial charge in [-0.1, -0.05) is 6.58 Å². The summed E-state index contributed by atoms with van der Waals surface area (Å²) in [4.78, 5) is 0. The summed E-state index contributed by atoms with van der Waals surface area (Å²) in [6.07, 6.45) is -1.74. The van der Waals surface area contributed by atoms with Crippen LogP contribution in [0.4, 0.5) is 0 Å². The zero-order valence-electron chi connectivity index (χ0n) is 8.88. The molecular weight excluding hydrogens is 196 g/mol. The van der Waals surface area contributed by atoms with Crippen LogP contribution in [0.1, 0.15) is 13.8 Å². The van der Waals surface area contributed by atoms with E-state index in [0.29, 0.717) is 0 Å². The molecule has 2 N–H and O–H groups in total. The van der Waals surface area contributed by atoms with Gasteiger partial charge in [0.25, 0.3) is 0 Å². The van der Waals surface area contributed by atoms with Gasteiger partial charge in [0.15, 0.2) is 12.6 Å². The Bertz CT molecular complexity index is 325. The molecule has 4 unspecified atom stereocenters.